The Bertz CT molecular complexity index is 888. The third kappa shape index (κ3) is 5.23. The molecule has 0 spiro atoms. The summed E-state index contributed by atoms with van der Waals surface area (Å²) in [6, 6.07) is 13.5. The number of anilines is 1. The third-order valence-electron chi connectivity index (χ3n) is 5.38. The van der Waals surface area contributed by atoms with E-state index >= 15 is 0 Å². The Labute approximate surface area is 173 Å². The van der Waals surface area contributed by atoms with Gasteiger partial charge in [-0.1, -0.05) is 18.1 Å². The van der Waals surface area contributed by atoms with Crippen LogP contribution in [0.25, 0.3) is 0 Å². The first kappa shape index (κ1) is 20.6. The van der Waals surface area contributed by atoms with E-state index < -0.39 is 0 Å². The van der Waals surface area contributed by atoms with Gasteiger partial charge in [0.15, 0.2) is 11.5 Å². The van der Waals surface area contributed by atoms with Gasteiger partial charge in [0.2, 0.25) is 0 Å². The second kappa shape index (κ2) is 9.88. The zero-order valence-corrected chi connectivity index (χ0v) is 17.1. The molecule has 1 fully saturated rings. The molecule has 1 heterocycles. The number of ether oxygens (including phenoxy) is 2. The Kier molecular flexibility index (Phi) is 7.02. The van der Waals surface area contributed by atoms with Crippen LogP contribution in [0.15, 0.2) is 42.5 Å². The number of piperidine rings is 1. The highest BCUT2D eigenvalue weighted by atomic mass is 16.5. The van der Waals surface area contributed by atoms with Crippen LogP contribution in [-0.2, 0) is 6.42 Å². The first-order valence-electron chi connectivity index (χ1n) is 10.00. The van der Waals surface area contributed by atoms with Crippen molar-refractivity contribution in [2.45, 2.75) is 38.1 Å². The molecule has 2 amide bonds. The van der Waals surface area contributed by atoms with Gasteiger partial charge in [-0.2, -0.15) is 0 Å². The minimum absolute atomic E-state index is 0.0591. The average Bonchev–Trinajstić information content (AvgIpc) is 2.77. The Morgan fingerprint density at radius 2 is 2.00 bits per heavy atom. The number of likely N-dealkylation sites (tertiary alicyclic amines) is 1. The van der Waals surface area contributed by atoms with Gasteiger partial charge in [-0.05, 0) is 68.0 Å². The van der Waals surface area contributed by atoms with Crippen molar-refractivity contribution in [3.63, 3.8) is 0 Å². The molecule has 0 aromatic heterocycles. The van der Waals surface area contributed by atoms with E-state index in [0.29, 0.717) is 0 Å². The molecule has 5 heteroatoms. The number of rotatable bonds is 6. The van der Waals surface area contributed by atoms with Crippen LogP contribution in [0.1, 0.15) is 36.8 Å². The van der Waals surface area contributed by atoms with Crippen molar-refractivity contribution in [3.05, 3.63) is 53.6 Å². The number of methoxy groups -OCH3 is 2. The van der Waals surface area contributed by atoms with Crippen LogP contribution in [0.3, 0.4) is 0 Å². The lowest BCUT2D eigenvalue weighted by molar-refractivity contribution is 0.158. The highest BCUT2D eigenvalue weighted by Crippen LogP contribution is 2.29. The lowest BCUT2D eigenvalue weighted by Crippen LogP contribution is -2.46. The van der Waals surface area contributed by atoms with E-state index in [9.17, 15) is 4.79 Å². The Hall–Kier alpha value is -3.13. The average molecular weight is 392 g/mol. The molecule has 2 aromatic carbocycles. The van der Waals surface area contributed by atoms with Crippen molar-refractivity contribution < 1.29 is 14.3 Å². The zero-order chi connectivity index (χ0) is 20.6. The van der Waals surface area contributed by atoms with E-state index in [2.05, 4.69) is 17.3 Å². The van der Waals surface area contributed by atoms with Crippen molar-refractivity contribution in [2.24, 2.45) is 0 Å². The molecule has 5 nitrogen and oxygen atoms in total. The van der Waals surface area contributed by atoms with E-state index in [0.717, 1.165) is 61.4 Å². The van der Waals surface area contributed by atoms with E-state index in [-0.39, 0.29) is 12.1 Å². The molecular formula is C24H28N2O3. The number of carbonyl (C=O) groups is 1. The fourth-order valence-electron chi connectivity index (χ4n) is 3.82. The molecule has 29 heavy (non-hydrogen) atoms. The first-order chi connectivity index (χ1) is 14.1. The van der Waals surface area contributed by atoms with Gasteiger partial charge in [0.25, 0.3) is 0 Å². The molecule has 0 aliphatic carbocycles. The number of aryl methyl sites for hydroxylation is 1. The van der Waals surface area contributed by atoms with E-state index in [1.54, 1.807) is 14.2 Å². The molecule has 0 bridgehead atoms. The summed E-state index contributed by atoms with van der Waals surface area (Å²) in [4.78, 5) is 14.9. The lowest BCUT2D eigenvalue weighted by Gasteiger charge is -2.36. The SMILES string of the molecule is C#Cc1cccc(NC(=O)N2CCCC[C@@H]2CCc2ccc(OC)c(OC)c2)c1. The van der Waals surface area contributed by atoms with Crippen LogP contribution >= 0.6 is 0 Å². The smallest absolute Gasteiger partial charge is 0.322 e. The molecule has 0 unspecified atom stereocenters. The highest BCUT2D eigenvalue weighted by Gasteiger charge is 2.26. The van der Waals surface area contributed by atoms with Crippen molar-refractivity contribution in [1.82, 2.24) is 4.90 Å². The molecular weight excluding hydrogens is 364 g/mol. The maximum Gasteiger partial charge on any atom is 0.322 e. The summed E-state index contributed by atoms with van der Waals surface area (Å²) in [6.45, 7) is 0.775. The minimum Gasteiger partial charge on any atom is -0.493 e. The Balaban J connectivity index is 1.65. The maximum absolute atomic E-state index is 12.9. The van der Waals surface area contributed by atoms with Crippen molar-refractivity contribution in [1.29, 1.82) is 0 Å². The van der Waals surface area contributed by atoms with Crippen molar-refractivity contribution in [3.8, 4) is 23.8 Å². The lowest BCUT2D eigenvalue weighted by atomic mass is 9.96. The molecule has 1 aliphatic rings. The van der Waals surface area contributed by atoms with Crippen molar-refractivity contribution in [2.75, 3.05) is 26.1 Å². The van der Waals surface area contributed by atoms with Gasteiger partial charge >= 0.3 is 6.03 Å². The van der Waals surface area contributed by atoms with Crippen LogP contribution in [0, 0.1) is 12.3 Å². The summed E-state index contributed by atoms with van der Waals surface area (Å²) in [7, 11) is 3.28. The normalized spacial score (nSPS) is 16.0. The predicted molar refractivity (Wildman–Crippen MR) is 116 cm³/mol. The quantitative estimate of drug-likeness (QED) is 0.725. The number of amides is 2. The number of hydrogen-bond acceptors (Lipinski definition) is 3. The first-order valence-corrected chi connectivity index (χ1v) is 10.00. The summed E-state index contributed by atoms with van der Waals surface area (Å²) in [6.07, 6.45) is 10.4. The monoisotopic (exact) mass is 392 g/mol. The number of terminal acetylenes is 1. The molecule has 3 rings (SSSR count). The molecule has 1 N–H and O–H groups in total. The number of nitrogens with zero attached hydrogens (tertiary/aromatic N) is 1. The molecule has 1 aliphatic heterocycles. The van der Waals surface area contributed by atoms with E-state index in [1.807, 2.05) is 41.3 Å². The summed E-state index contributed by atoms with van der Waals surface area (Å²) >= 11 is 0. The van der Waals surface area contributed by atoms with Crippen LogP contribution in [-0.4, -0.2) is 37.7 Å². The zero-order valence-electron chi connectivity index (χ0n) is 17.1. The van der Waals surface area contributed by atoms with Crippen LogP contribution in [0.4, 0.5) is 10.5 Å². The Morgan fingerprint density at radius 1 is 1.17 bits per heavy atom. The minimum atomic E-state index is -0.0591. The van der Waals surface area contributed by atoms with Crippen LogP contribution in [0.5, 0.6) is 11.5 Å². The van der Waals surface area contributed by atoms with Gasteiger partial charge in [0.05, 0.1) is 14.2 Å². The van der Waals surface area contributed by atoms with Crippen LogP contribution < -0.4 is 14.8 Å². The molecule has 1 atom stereocenters. The number of urea groups is 1. The summed E-state index contributed by atoms with van der Waals surface area (Å²) in [5.41, 5.74) is 2.66. The van der Waals surface area contributed by atoms with Gasteiger partial charge in [-0.3, -0.25) is 0 Å². The third-order valence-corrected chi connectivity index (χ3v) is 5.38. The molecule has 0 radical (unpaired) electrons. The van der Waals surface area contributed by atoms with Crippen LogP contribution in [0.2, 0.25) is 0 Å². The van der Waals surface area contributed by atoms with Gasteiger partial charge < -0.3 is 19.7 Å². The standard InChI is InChI=1S/C24H28N2O3/c1-4-18-8-7-9-20(16-18)25-24(27)26-15-6-5-10-21(26)13-11-19-12-14-22(28-2)23(17-19)29-3/h1,7-9,12,14,16-17,21H,5-6,10-11,13,15H2,2-3H3,(H,25,27)/t21-/m1/s1. The second-order valence-electron chi connectivity index (χ2n) is 7.23. The number of carbonyl (C=O) groups excluding carboxylic acids is 1. The van der Waals surface area contributed by atoms with Gasteiger partial charge in [-0.25, -0.2) is 4.79 Å². The topological polar surface area (TPSA) is 50.8 Å². The number of benzene rings is 2. The summed E-state index contributed by atoms with van der Waals surface area (Å²) in [5, 5.41) is 3.00. The molecule has 1 saturated heterocycles. The largest absolute Gasteiger partial charge is 0.493 e. The number of nitrogens with one attached hydrogen (secondary N) is 1. The van der Waals surface area contributed by atoms with Gasteiger partial charge in [-0.15, -0.1) is 6.42 Å². The van der Waals surface area contributed by atoms with E-state index in [1.165, 1.54) is 5.56 Å². The highest BCUT2D eigenvalue weighted by molar-refractivity contribution is 5.89. The van der Waals surface area contributed by atoms with Gasteiger partial charge in [0, 0.05) is 23.8 Å². The van der Waals surface area contributed by atoms with E-state index in [4.69, 9.17) is 15.9 Å². The molecule has 152 valence electrons. The fourth-order valence-corrected chi connectivity index (χ4v) is 3.82. The second-order valence-corrected chi connectivity index (χ2v) is 7.23. The molecule has 0 saturated carbocycles. The van der Waals surface area contributed by atoms with Gasteiger partial charge in [0.1, 0.15) is 0 Å². The van der Waals surface area contributed by atoms with Crippen molar-refractivity contribution >= 4 is 11.7 Å². The molecule has 2 aromatic rings. The summed E-state index contributed by atoms with van der Waals surface area (Å²) < 4.78 is 10.7. The summed E-state index contributed by atoms with van der Waals surface area (Å²) in [5.74, 6) is 4.06. The number of hydrogen-bond donors (Lipinski definition) is 1. The Morgan fingerprint density at radius 3 is 2.76 bits per heavy atom. The fraction of sp³-hybridized carbons (Fsp3) is 0.375. The predicted octanol–water partition coefficient (Wildman–Crippen LogP) is 4.70. The maximum atomic E-state index is 12.9.